The molecule has 2 N–H and O–H groups in total. The molecule has 0 spiro atoms. The van der Waals surface area contributed by atoms with Gasteiger partial charge >= 0.3 is 0 Å². The molecule has 0 radical (unpaired) electrons. The van der Waals surface area contributed by atoms with Gasteiger partial charge in [-0.2, -0.15) is 0 Å². The third-order valence-corrected chi connectivity index (χ3v) is 5.00. The van der Waals surface area contributed by atoms with Crippen molar-refractivity contribution in [1.29, 1.82) is 0 Å². The molecule has 3 atom stereocenters. The Balaban J connectivity index is 2.22. The maximum atomic E-state index is 13.2. The first-order valence-electron chi connectivity index (χ1n) is 10.4. The van der Waals surface area contributed by atoms with Gasteiger partial charge in [-0.1, -0.05) is 66.7 Å². The van der Waals surface area contributed by atoms with Crippen LogP contribution in [0.5, 0.6) is 0 Å². The lowest BCUT2D eigenvalue weighted by atomic mass is 9.98. The van der Waals surface area contributed by atoms with Gasteiger partial charge in [0.05, 0.1) is 12.6 Å². The van der Waals surface area contributed by atoms with Gasteiger partial charge in [0, 0.05) is 25.4 Å². The molecule has 3 unspecified atom stereocenters. The van der Waals surface area contributed by atoms with Gasteiger partial charge in [-0.3, -0.25) is 9.59 Å². The SMILES string of the molecule is C=CCC(CC(=O)[O-])C(=O)NC(Cc1ccccc1)C(=O)NC(COC)c1ccccc1. The smallest absolute Gasteiger partial charge is 0.243 e. The Kier molecular flexibility index (Phi) is 10.1. The second kappa shape index (κ2) is 13.1. The molecule has 0 bridgehead atoms. The summed E-state index contributed by atoms with van der Waals surface area (Å²) in [6.45, 7) is 3.83. The standard InChI is InChI=1S/C25H30N2O5/c1-3-10-20(16-23(28)29)24(30)26-21(15-18-11-6-4-7-12-18)25(31)27-22(17-32-2)19-13-8-5-9-14-19/h3-9,11-14,20-22H,1,10,15-17H2,2H3,(H,26,30)(H,27,31)(H,28,29)/p-1. The van der Waals surface area contributed by atoms with Crippen LogP contribution in [0.3, 0.4) is 0 Å². The van der Waals surface area contributed by atoms with Crippen LogP contribution in [0.2, 0.25) is 0 Å². The van der Waals surface area contributed by atoms with Crippen LogP contribution in [0.25, 0.3) is 0 Å². The summed E-state index contributed by atoms with van der Waals surface area (Å²) < 4.78 is 5.27. The van der Waals surface area contributed by atoms with Crippen LogP contribution in [0.4, 0.5) is 0 Å². The molecule has 0 saturated heterocycles. The maximum Gasteiger partial charge on any atom is 0.243 e. The van der Waals surface area contributed by atoms with Crippen LogP contribution < -0.4 is 15.7 Å². The summed E-state index contributed by atoms with van der Waals surface area (Å²) in [6, 6.07) is 17.4. The molecular formula is C25H29N2O5-. The number of carboxylic acid groups (broad SMARTS) is 1. The Morgan fingerprint density at radius 3 is 2.19 bits per heavy atom. The zero-order valence-corrected chi connectivity index (χ0v) is 18.2. The molecule has 2 aromatic rings. The van der Waals surface area contributed by atoms with Gasteiger partial charge in [-0.05, 0) is 24.0 Å². The summed E-state index contributed by atoms with van der Waals surface area (Å²) in [7, 11) is 1.55. The number of methoxy groups -OCH3 is 1. The number of carbonyl (C=O) groups is 3. The summed E-state index contributed by atoms with van der Waals surface area (Å²) in [6.07, 6.45) is 1.44. The van der Waals surface area contributed by atoms with E-state index in [1.807, 2.05) is 60.7 Å². The number of aliphatic carboxylic acids is 1. The van der Waals surface area contributed by atoms with E-state index in [4.69, 9.17) is 4.74 Å². The first-order chi connectivity index (χ1) is 15.4. The molecule has 0 aromatic heterocycles. The first-order valence-corrected chi connectivity index (χ1v) is 10.4. The van der Waals surface area contributed by atoms with Crippen LogP contribution in [0.15, 0.2) is 73.3 Å². The minimum atomic E-state index is -1.33. The van der Waals surface area contributed by atoms with E-state index in [-0.39, 0.29) is 25.4 Å². The van der Waals surface area contributed by atoms with E-state index < -0.39 is 36.3 Å². The highest BCUT2D eigenvalue weighted by Gasteiger charge is 2.27. The molecule has 0 aliphatic heterocycles. The molecule has 0 saturated carbocycles. The lowest BCUT2D eigenvalue weighted by molar-refractivity contribution is -0.306. The number of ether oxygens (including phenoxy) is 1. The van der Waals surface area contributed by atoms with E-state index >= 15 is 0 Å². The highest BCUT2D eigenvalue weighted by molar-refractivity contribution is 5.90. The Morgan fingerprint density at radius 1 is 1.00 bits per heavy atom. The van der Waals surface area contributed by atoms with Crippen LogP contribution in [0.1, 0.15) is 30.0 Å². The average Bonchev–Trinajstić information content (AvgIpc) is 2.79. The molecule has 0 fully saturated rings. The van der Waals surface area contributed by atoms with E-state index in [1.165, 1.54) is 6.08 Å². The fraction of sp³-hybridized carbons (Fsp3) is 0.320. The summed E-state index contributed by atoms with van der Waals surface area (Å²) in [5.41, 5.74) is 1.73. The first kappa shape index (κ1) is 24.8. The fourth-order valence-electron chi connectivity index (χ4n) is 3.38. The Labute approximate surface area is 188 Å². The maximum absolute atomic E-state index is 13.2. The summed E-state index contributed by atoms with van der Waals surface area (Å²) in [5, 5.41) is 16.7. The van der Waals surface area contributed by atoms with Crippen molar-refractivity contribution in [3.8, 4) is 0 Å². The minimum Gasteiger partial charge on any atom is -0.550 e. The van der Waals surface area contributed by atoms with Crippen LogP contribution in [-0.2, 0) is 25.5 Å². The molecule has 7 nitrogen and oxygen atoms in total. The van der Waals surface area contributed by atoms with Crippen molar-refractivity contribution in [2.24, 2.45) is 5.92 Å². The van der Waals surface area contributed by atoms with Crippen molar-refractivity contribution >= 4 is 17.8 Å². The molecule has 2 amide bonds. The average molecular weight is 438 g/mol. The predicted molar refractivity (Wildman–Crippen MR) is 119 cm³/mol. The minimum absolute atomic E-state index is 0.163. The number of benzene rings is 2. The number of hydrogen-bond donors (Lipinski definition) is 2. The zero-order chi connectivity index (χ0) is 23.3. The van der Waals surface area contributed by atoms with Crippen molar-refractivity contribution in [1.82, 2.24) is 10.6 Å². The molecule has 0 heterocycles. The third-order valence-electron chi connectivity index (χ3n) is 5.00. The zero-order valence-electron chi connectivity index (χ0n) is 18.2. The number of nitrogens with one attached hydrogen (secondary N) is 2. The molecule has 170 valence electrons. The largest absolute Gasteiger partial charge is 0.550 e. The number of carboxylic acids is 1. The van der Waals surface area contributed by atoms with E-state index in [1.54, 1.807) is 7.11 Å². The van der Waals surface area contributed by atoms with Crippen LogP contribution in [-0.4, -0.2) is 37.5 Å². The van der Waals surface area contributed by atoms with Gasteiger partial charge < -0.3 is 25.3 Å². The second-order valence-electron chi connectivity index (χ2n) is 7.48. The normalized spacial score (nSPS) is 13.4. The topological polar surface area (TPSA) is 108 Å². The molecule has 2 rings (SSSR count). The lowest BCUT2D eigenvalue weighted by Gasteiger charge is -2.25. The van der Waals surface area contributed by atoms with Crippen LogP contribution in [0, 0.1) is 5.92 Å². The monoisotopic (exact) mass is 437 g/mol. The predicted octanol–water partition coefficient (Wildman–Crippen LogP) is 1.55. The number of rotatable bonds is 13. The van der Waals surface area contributed by atoms with Gasteiger partial charge in [0.15, 0.2) is 0 Å². The van der Waals surface area contributed by atoms with Crippen molar-refractivity contribution in [2.45, 2.75) is 31.3 Å². The molecule has 0 aliphatic rings. The summed E-state index contributed by atoms with van der Waals surface area (Å²) >= 11 is 0. The third kappa shape index (κ3) is 8.00. The lowest BCUT2D eigenvalue weighted by Crippen LogP contribution is -2.51. The highest BCUT2D eigenvalue weighted by Crippen LogP contribution is 2.15. The Bertz CT molecular complexity index is 886. The van der Waals surface area contributed by atoms with Crippen LogP contribution >= 0.6 is 0 Å². The van der Waals surface area contributed by atoms with Gasteiger partial charge in [0.2, 0.25) is 11.8 Å². The molecule has 32 heavy (non-hydrogen) atoms. The highest BCUT2D eigenvalue weighted by atomic mass is 16.5. The number of amides is 2. The van der Waals surface area contributed by atoms with E-state index in [9.17, 15) is 19.5 Å². The Morgan fingerprint density at radius 2 is 1.62 bits per heavy atom. The van der Waals surface area contributed by atoms with E-state index in [0.717, 1.165) is 11.1 Å². The second-order valence-corrected chi connectivity index (χ2v) is 7.48. The molecule has 0 aliphatic carbocycles. The van der Waals surface area contributed by atoms with Crippen molar-refractivity contribution in [3.63, 3.8) is 0 Å². The molecular weight excluding hydrogens is 408 g/mol. The van der Waals surface area contributed by atoms with Crippen molar-refractivity contribution in [3.05, 3.63) is 84.4 Å². The molecule has 2 aromatic carbocycles. The quantitative estimate of drug-likeness (QED) is 0.463. The van der Waals surface area contributed by atoms with Gasteiger partial charge in [-0.15, -0.1) is 6.58 Å². The number of carbonyl (C=O) groups excluding carboxylic acids is 3. The van der Waals surface area contributed by atoms with Gasteiger partial charge in [-0.25, -0.2) is 0 Å². The van der Waals surface area contributed by atoms with E-state index in [0.29, 0.717) is 0 Å². The van der Waals surface area contributed by atoms with E-state index in [2.05, 4.69) is 17.2 Å². The van der Waals surface area contributed by atoms with Gasteiger partial charge in [0.25, 0.3) is 0 Å². The number of allylic oxidation sites excluding steroid dienone is 1. The van der Waals surface area contributed by atoms with Crippen molar-refractivity contribution in [2.75, 3.05) is 13.7 Å². The summed E-state index contributed by atoms with van der Waals surface area (Å²) in [4.78, 5) is 37.1. The number of hydrogen-bond acceptors (Lipinski definition) is 5. The Hall–Kier alpha value is -3.45. The summed E-state index contributed by atoms with van der Waals surface area (Å²) in [5.74, 6) is -3.13. The van der Waals surface area contributed by atoms with Gasteiger partial charge in [0.1, 0.15) is 6.04 Å². The van der Waals surface area contributed by atoms with Crippen molar-refractivity contribution < 1.29 is 24.2 Å². The molecule has 7 heteroatoms. The fourth-order valence-corrected chi connectivity index (χ4v) is 3.38.